The van der Waals surface area contributed by atoms with Gasteiger partial charge in [-0.1, -0.05) is 48.5 Å². The van der Waals surface area contributed by atoms with Crippen molar-refractivity contribution in [3.63, 3.8) is 0 Å². The first kappa shape index (κ1) is 20.9. The van der Waals surface area contributed by atoms with Gasteiger partial charge in [0.1, 0.15) is 0 Å². The first-order chi connectivity index (χ1) is 15.5. The molecule has 0 bridgehead atoms. The summed E-state index contributed by atoms with van der Waals surface area (Å²) in [6, 6.07) is 23.2. The third kappa shape index (κ3) is 4.84. The summed E-state index contributed by atoms with van der Waals surface area (Å²) in [5.41, 5.74) is 3.40. The Morgan fingerprint density at radius 1 is 0.750 bits per heavy atom. The van der Waals surface area contributed by atoms with Crippen LogP contribution in [0.2, 0.25) is 0 Å². The number of aliphatic imine (C=N–C) groups is 1. The quantitative estimate of drug-likeness (QED) is 0.383. The first-order valence-corrected chi connectivity index (χ1v) is 10.1. The van der Waals surface area contributed by atoms with Crippen LogP contribution in [0.25, 0.3) is 10.9 Å². The average molecular weight is 423 g/mol. The lowest BCUT2D eigenvalue weighted by atomic mass is 10.1. The van der Waals surface area contributed by atoms with Crippen molar-refractivity contribution in [3.8, 4) is 0 Å². The highest BCUT2D eigenvalue weighted by Crippen LogP contribution is 2.19. The molecule has 1 aromatic heterocycles. The van der Waals surface area contributed by atoms with Gasteiger partial charge >= 0.3 is 0 Å². The number of fused-ring (bicyclic) bond motifs is 1. The van der Waals surface area contributed by atoms with Crippen molar-refractivity contribution in [1.29, 1.82) is 0 Å². The zero-order valence-corrected chi connectivity index (χ0v) is 17.7. The molecule has 0 aliphatic rings. The minimum atomic E-state index is -0.411. The van der Waals surface area contributed by atoms with Gasteiger partial charge < -0.3 is 0 Å². The van der Waals surface area contributed by atoms with Crippen LogP contribution in [0, 0.1) is 13.8 Å². The molecule has 0 saturated carbocycles. The van der Waals surface area contributed by atoms with Gasteiger partial charge in [-0.2, -0.15) is 4.99 Å². The number of nitrogens with zero attached hydrogens (tertiary/aromatic N) is 3. The molecular formula is C25H21N5O2. The largest absolute Gasteiger partial charge is 0.292 e. The molecular weight excluding hydrogens is 402 g/mol. The van der Waals surface area contributed by atoms with Crippen LogP contribution >= 0.6 is 0 Å². The van der Waals surface area contributed by atoms with Crippen LogP contribution in [-0.2, 0) is 0 Å². The maximum atomic E-state index is 12.7. The summed E-state index contributed by atoms with van der Waals surface area (Å²) in [5, 5.41) is 6.24. The van der Waals surface area contributed by atoms with Gasteiger partial charge in [-0.15, -0.1) is 0 Å². The van der Waals surface area contributed by atoms with E-state index in [0.717, 1.165) is 22.2 Å². The Labute approximate surface area is 185 Å². The van der Waals surface area contributed by atoms with Crippen molar-refractivity contribution in [3.05, 3.63) is 101 Å². The zero-order chi connectivity index (χ0) is 22.5. The molecule has 0 radical (unpaired) electrons. The summed E-state index contributed by atoms with van der Waals surface area (Å²) in [4.78, 5) is 38.7. The molecule has 0 atom stereocenters. The van der Waals surface area contributed by atoms with Crippen LogP contribution in [0.1, 0.15) is 32.0 Å². The lowest BCUT2D eigenvalue weighted by molar-refractivity contribution is 0.0966. The lowest BCUT2D eigenvalue weighted by Crippen LogP contribution is -2.43. The van der Waals surface area contributed by atoms with E-state index < -0.39 is 11.8 Å². The summed E-state index contributed by atoms with van der Waals surface area (Å²) in [6.07, 6.45) is 0. The van der Waals surface area contributed by atoms with Crippen LogP contribution in [0.4, 0.5) is 5.95 Å². The lowest BCUT2D eigenvalue weighted by Gasteiger charge is -2.11. The molecule has 0 aliphatic heterocycles. The predicted octanol–water partition coefficient (Wildman–Crippen LogP) is 4.09. The van der Waals surface area contributed by atoms with E-state index in [9.17, 15) is 9.59 Å². The third-order valence-corrected chi connectivity index (χ3v) is 4.78. The Morgan fingerprint density at radius 3 is 1.88 bits per heavy atom. The second kappa shape index (κ2) is 9.18. The van der Waals surface area contributed by atoms with Gasteiger partial charge in [0, 0.05) is 16.5 Å². The number of aromatic nitrogens is 2. The van der Waals surface area contributed by atoms with E-state index in [-0.39, 0.29) is 11.9 Å². The van der Waals surface area contributed by atoms with Crippen LogP contribution < -0.4 is 10.6 Å². The molecule has 2 N–H and O–H groups in total. The SMILES string of the molecule is Cc1ccc2c(C)nc(N=C(NC(=O)c3ccccc3)NC(=O)c3ccccc3)nc2c1. The summed E-state index contributed by atoms with van der Waals surface area (Å²) >= 11 is 0. The Kier molecular flexibility index (Phi) is 5.98. The number of amides is 2. The van der Waals surface area contributed by atoms with E-state index in [2.05, 4.69) is 25.6 Å². The molecule has 0 spiro atoms. The first-order valence-electron chi connectivity index (χ1n) is 10.1. The molecule has 0 fully saturated rings. The number of carbonyl (C=O) groups is 2. The molecule has 4 rings (SSSR count). The number of guanidine groups is 1. The molecule has 7 nitrogen and oxygen atoms in total. The number of aryl methyl sites for hydroxylation is 2. The summed E-state index contributed by atoms with van der Waals surface area (Å²) in [7, 11) is 0. The standard InChI is InChI=1S/C25H21N5O2/c1-16-13-14-20-17(2)26-24(27-21(20)15-16)30-25(28-22(31)18-9-5-3-6-10-18)29-23(32)19-11-7-4-8-12-19/h3-15H,1-2H3,(H2,26,27,28,29,30,31,32). The Bertz CT molecular complexity index is 1260. The molecule has 3 aromatic carbocycles. The topological polar surface area (TPSA) is 96.3 Å². The fourth-order valence-corrected chi connectivity index (χ4v) is 3.16. The number of rotatable bonds is 3. The van der Waals surface area contributed by atoms with E-state index >= 15 is 0 Å². The van der Waals surface area contributed by atoms with Crippen molar-refractivity contribution < 1.29 is 9.59 Å². The smallest absolute Gasteiger partial charge is 0.257 e. The van der Waals surface area contributed by atoms with E-state index in [1.54, 1.807) is 48.5 Å². The summed E-state index contributed by atoms with van der Waals surface area (Å²) in [6.45, 7) is 3.84. The zero-order valence-electron chi connectivity index (χ0n) is 17.7. The molecule has 7 heteroatoms. The highest BCUT2D eigenvalue weighted by Gasteiger charge is 2.14. The van der Waals surface area contributed by atoms with Gasteiger partial charge in [0.15, 0.2) is 0 Å². The second-order valence-corrected chi connectivity index (χ2v) is 7.23. The summed E-state index contributed by atoms with van der Waals surface area (Å²) in [5.74, 6) is -0.742. The van der Waals surface area contributed by atoms with Crippen molar-refractivity contribution >= 4 is 34.6 Å². The molecule has 0 saturated heterocycles. The third-order valence-electron chi connectivity index (χ3n) is 4.78. The number of hydrogen-bond donors (Lipinski definition) is 2. The van der Waals surface area contributed by atoms with Crippen LogP contribution in [0.5, 0.6) is 0 Å². The van der Waals surface area contributed by atoms with E-state index in [0.29, 0.717) is 11.1 Å². The van der Waals surface area contributed by atoms with Crippen molar-refractivity contribution in [2.75, 3.05) is 0 Å². The normalized spacial score (nSPS) is 10.4. The van der Waals surface area contributed by atoms with Gasteiger partial charge in [-0.25, -0.2) is 9.97 Å². The predicted molar refractivity (Wildman–Crippen MR) is 124 cm³/mol. The van der Waals surface area contributed by atoms with Gasteiger partial charge in [-0.05, 0) is 49.7 Å². The Balaban J connectivity index is 1.70. The van der Waals surface area contributed by atoms with Crippen LogP contribution in [0.3, 0.4) is 0 Å². The number of benzene rings is 3. The van der Waals surface area contributed by atoms with Crippen LogP contribution in [0.15, 0.2) is 83.9 Å². The molecule has 0 aliphatic carbocycles. The monoisotopic (exact) mass is 423 g/mol. The van der Waals surface area contributed by atoms with Crippen LogP contribution in [-0.4, -0.2) is 27.7 Å². The second-order valence-electron chi connectivity index (χ2n) is 7.23. The molecule has 1 heterocycles. The molecule has 4 aromatic rings. The molecule has 32 heavy (non-hydrogen) atoms. The Morgan fingerprint density at radius 2 is 1.31 bits per heavy atom. The van der Waals surface area contributed by atoms with Gasteiger partial charge in [0.2, 0.25) is 5.96 Å². The fraction of sp³-hybridized carbons (Fsp3) is 0.0800. The average Bonchev–Trinajstić information content (AvgIpc) is 2.79. The fourth-order valence-electron chi connectivity index (χ4n) is 3.16. The van der Waals surface area contributed by atoms with Crippen molar-refractivity contribution in [1.82, 2.24) is 20.6 Å². The highest BCUT2D eigenvalue weighted by molar-refractivity contribution is 6.13. The van der Waals surface area contributed by atoms with Gasteiger partial charge in [0.25, 0.3) is 17.8 Å². The molecule has 2 amide bonds. The minimum Gasteiger partial charge on any atom is -0.292 e. The number of nitrogens with one attached hydrogen (secondary N) is 2. The highest BCUT2D eigenvalue weighted by atomic mass is 16.2. The van der Waals surface area contributed by atoms with E-state index in [4.69, 9.17) is 0 Å². The Hall–Kier alpha value is -4.39. The van der Waals surface area contributed by atoms with E-state index in [1.165, 1.54) is 0 Å². The van der Waals surface area contributed by atoms with E-state index in [1.807, 2.05) is 44.2 Å². The number of hydrogen-bond acceptors (Lipinski definition) is 5. The summed E-state index contributed by atoms with van der Waals surface area (Å²) < 4.78 is 0. The van der Waals surface area contributed by atoms with Crippen molar-refractivity contribution in [2.24, 2.45) is 4.99 Å². The molecule has 0 unspecified atom stereocenters. The minimum absolute atomic E-state index is 0.0564. The number of carbonyl (C=O) groups excluding carboxylic acids is 2. The molecule has 158 valence electrons. The maximum Gasteiger partial charge on any atom is 0.257 e. The maximum absolute atomic E-state index is 12.7. The van der Waals surface area contributed by atoms with Gasteiger partial charge in [-0.3, -0.25) is 20.2 Å². The van der Waals surface area contributed by atoms with Gasteiger partial charge in [0.05, 0.1) is 11.2 Å². The van der Waals surface area contributed by atoms with Crippen molar-refractivity contribution in [2.45, 2.75) is 13.8 Å².